The third-order valence-corrected chi connectivity index (χ3v) is 7.32. The number of fused-ring (bicyclic) bond motifs is 1. The van der Waals surface area contributed by atoms with Gasteiger partial charge >= 0.3 is 0 Å². The molecule has 34 heavy (non-hydrogen) atoms. The average Bonchev–Trinajstić information content (AvgIpc) is 3.60. The molecule has 2 amide bonds. The molecule has 1 aliphatic heterocycles. The molecule has 0 radical (unpaired) electrons. The van der Waals surface area contributed by atoms with Gasteiger partial charge in [0.1, 0.15) is 11.5 Å². The number of aromatic amines is 1. The lowest BCUT2D eigenvalue weighted by atomic mass is 9.98. The van der Waals surface area contributed by atoms with Crippen LogP contribution in [0, 0.1) is 6.92 Å². The van der Waals surface area contributed by atoms with Crippen LogP contribution in [0.5, 0.6) is 0 Å². The predicted octanol–water partition coefficient (Wildman–Crippen LogP) is 4.27. The van der Waals surface area contributed by atoms with Gasteiger partial charge < -0.3 is 14.8 Å². The Hall–Kier alpha value is -3.16. The monoisotopic (exact) mass is 462 g/mol. The molecule has 1 saturated carbocycles. The Bertz CT molecular complexity index is 1160. The number of aromatic nitrogens is 4. The fraction of sp³-hybridized carbons (Fsp3) is 0.538. The topological polar surface area (TPSA) is 95.9 Å². The van der Waals surface area contributed by atoms with Crippen molar-refractivity contribution in [1.82, 2.24) is 30.0 Å². The molecule has 5 rings (SSSR count). The van der Waals surface area contributed by atoms with E-state index in [9.17, 15) is 9.59 Å². The number of aryl methyl sites for hydroxylation is 2. The molecule has 0 spiro atoms. The highest BCUT2D eigenvalue weighted by atomic mass is 16.2. The summed E-state index contributed by atoms with van der Waals surface area (Å²) in [5, 5.41) is 10.4. The summed E-state index contributed by atoms with van der Waals surface area (Å²) >= 11 is 0. The lowest BCUT2D eigenvalue weighted by Crippen LogP contribution is -2.38. The smallest absolute Gasteiger partial charge is 0.271 e. The fourth-order valence-electron chi connectivity index (χ4n) is 5.52. The van der Waals surface area contributed by atoms with Crippen molar-refractivity contribution in [2.45, 2.75) is 83.3 Å². The molecule has 1 saturated heterocycles. The number of nitrogens with one attached hydrogen (secondary N) is 2. The number of carbonyl (C=O) groups excluding carboxylic acids is 2. The van der Waals surface area contributed by atoms with E-state index in [1.807, 2.05) is 36.1 Å². The Balaban J connectivity index is 1.21. The molecule has 0 bridgehead atoms. The van der Waals surface area contributed by atoms with Gasteiger partial charge in [-0.2, -0.15) is 5.10 Å². The van der Waals surface area contributed by atoms with Crippen LogP contribution in [-0.4, -0.2) is 49.0 Å². The first-order chi connectivity index (χ1) is 16.6. The number of likely N-dealkylation sites (tertiary alicyclic amines) is 1. The van der Waals surface area contributed by atoms with Crippen molar-refractivity contribution in [1.29, 1.82) is 0 Å². The van der Waals surface area contributed by atoms with Crippen molar-refractivity contribution >= 4 is 22.8 Å². The van der Waals surface area contributed by atoms with E-state index in [1.165, 1.54) is 12.8 Å². The second kappa shape index (κ2) is 9.99. The molecular formula is C26H34N6O2. The number of H-pyrrole nitrogens is 1. The molecule has 1 aromatic carbocycles. The van der Waals surface area contributed by atoms with Crippen LogP contribution >= 0.6 is 0 Å². The van der Waals surface area contributed by atoms with E-state index >= 15 is 0 Å². The minimum absolute atomic E-state index is 0.0439. The molecule has 1 aliphatic carbocycles. The quantitative estimate of drug-likeness (QED) is 0.548. The van der Waals surface area contributed by atoms with E-state index in [-0.39, 0.29) is 23.9 Å². The molecule has 8 heteroatoms. The normalized spacial score (nSPS) is 19.1. The second-order valence-electron chi connectivity index (χ2n) is 9.67. The molecule has 2 aliphatic rings. The number of hydrogen-bond acceptors (Lipinski definition) is 4. The first kappa shape index (κ1) is 22.6. The molecule has 2 N–H and O–H groups in total. The Morgan fingerprint density at radius 2 is 1.91 bits per heavy atom. The maximum atomic E-state index is 13.2. The summed E-state index contributed by atoms with van der Waals surface area (Å²) in [4.78, 5) is 32.4. The minimum Gasteiger partial charge on any atom is -0.348 e. The van der Waals surface area contributed by atoms with Crippen molar-refractivity contribution < 1.29 is 9.59 Å². The van der Waals surface area contributed by atoms with Crippen LogP contribution in [0.4, 0.5) is 0 Å². The molecule has 180 valence electrons. The Labute approximate surface area is 200 Å². The zero-order valence-electron chi connectivity index (χ0n) is 19.9. The van der Waals surface area contributed by atoms with Gasteiger partial charge in [-0.15, -0.1) is 0 Å². The van der Waals surface area contributed by atoms with E-state index in [1.54, 1.807) is 0 Å². The van der Waals surface area contributed by atoms with Gasteiger partial charge in [0.05, 0.1) is 22.8 Å². The van der Waals surface area contributed by atoms with Crippen LogP contribution in [0.1, 0.15) is 85.8 Å². The molecule has 1 atom stereocenters. The summed E-state index contributed by atoms with van der Waals surface area (Å²) in [6, 6.07) is 10.2. The summed E-state index contributed by atoms with van der Waals surface area (Å²) in [6.45, 7) is 3.53. The largest absolute Gasteiger partial charge is 0.348 e. The molecule has 2 aromatic heterocycles. The molecule has 2 fully saturated rings. The molecule has 3 heterocycles. The number of benzene rings is 1. The number of nitrogens with zero attached hydrogens (tertiary/aromatic N) is 4. The van der Waals surface area contributed by atoms with Gasteiger partial charge in [-0.1, -0.05) is 25.0 Å². The Morgan fingerprint density at radius 3 is 2.76 bits per heavy atom. The van der Waals surface area contributed by atoms with Crippen LogP contribution in [-0.2, 0) is 11.3 Å². The molecular weight excluding hydrogens is 428 g/mol. The third-order valence-electron chi connectivity index (χ3n) is 7.32. The number of imidazole rings is 1. The fourth-order valence-corrected chi connectivity index (χ4v) is 5.52. The van der Waals surface area contributed by atoms with Crippen LogP contribution in [0.2, 0.25) is 0 Å². The van der Waals surface area contributed by atoms with Gasteiger partial charge in [0.25, 0.3) is 5.91 Å². The zero-order chi connectivity index (χ0) is 23.5. The summed E-state index contributed by atoms with van der Waals surface area (Å²) in [7, 11) is 0. The van der Waals surface area contributed by atoms with E-state index in [4.69, 9.17) is 0 Å². The van der Waals surface area contributed by atoms with Crippen molar-refractivity contribution in [3.8, 4) is 0 Å². The first-order valence-electron chi connectivity index (χ1n) is 12.7. The average molecular weight is 463 g/mol. The first-order valence-corrected chi connectivity index (χ1v) is 12.7. The summed E-state index contributed by atoms with van der Waals surface area (Å²) < 4.78 is 2.19. The minimum atomic E-state index is -0.119. The van der Waals surface area contributed by atoms with Crippen molar-refractivity contribution in [3.05, 3.63) is 47.5 Å². The van der Waals surface area contributed by atoms with Gasteiger partial charge in [-0.3, -0.25) is 14.7 Å². The number of piperidine rings is 1. The van der Waals surface area contributed by atoms with Crippen molar-refractivity contribution in [2.75, 3.05) is 6.54 Å². The zero-order valence-corrected chi connectivity index (χ0v) is 19.9. The molecule has 0 unspecified atom stereocenters. The third kappa shape index (κ3) is 4.72. The van der Waals surface area contributed by atoms with Crippen LogP contribution in [0.3, 0.4) is 0 Å². The highest BCUT2D eigenvalue weighted by molar-refractivity contribution is 5.92. The number of hydrogen-bond donors (Lipinski definition) is 2. The van der Waals surface area contributed by atoms with Crippen molar-refractivity contribution in [3.63, 3.8) is 0 Å². The summed E-state index contributed by atoms with van der Waals surface area (Å²) in [5.74, 6) is 1.02. The maximum Gasteiger partial charge on any atom is 0.271 e. The standard InChI is InChI=1S/C26H34N6O2/c1-18-27-20-11-4-5-12-23(20)31(18)16-8-14-25(33)32-15-7-6-13-24(32)21-17-22(30-29-21)26(34)28-19-9-2-3-10-19/h4-5,11-12,17,19,24H,2-3,6-10,13-16H2,1H3,(H,28,34)(H,29,30)/t24-/m1/s1. The van der Waals surface area contributed by atoms with E-state index in [0.29, 0.717) is 12.1 Å². The summed E-state index contributed by atoms with van der Waals surface area (Å²) in [5.41, 5.74) is 3.39. The van der Waals surface area contributed by atoms with Gasteiger partial charge in [-0.05, 0) is 63.6 Å². The Morgan fingerprint density at radius 1 is 1.12 bits per heavy atom. The molecule has 8 nitrogen and oxygen atoms in total. The van der Waals surface area contributed by atoms with Crippen LogP contribution in [0.25, 0.3) is 11.0 Å². The van der Waals surface area contributed by atoms with E-state index in [0.717, 1.165) is 74.2 Å². The second-order valence-corrected chi connectivity index (χ2v) is 9.67. The SMILES string of the molecule is Cc1nc2ccccc2n1CCCC(=O)N1CCCC[C@@H]1c1cc(C(=O)NC2CCCC2)n[nH]1. The predicted molar refractivity (Wildman–Crippen MR) is 130 cm³/mol. The molecule has 3 aromatic rings. The van der Waals surface area contributed by atoms with Gasteiger partial charge in [0.2, 0.25) is 5.91 Å². The summed E-state index contributed by atoms with van der Waals surface area (Å²) in [6.07, 6.45) is 8.66. The van der Waals surface area contributed by atoms with Crippen molar-refractivity contribution in [2.24, 2.45) is 0 Å². The number of para-hydroxylation sites is 2. The number of carbonyl (C=O) groups is 2. The van der Waals surface area contributed by atoms with E-state index < -0.39 is 0 Å². The number of amides is 2. The highest BCUT2D eigenvalue weighted by Crippen LogP contribution is 2.31. The van der Waals surface area contributed by atoms with Crippen LogP contribution < -0.4 is 5.32 Å². The lowest BCUT2D eigenvalue weighted by Gasteiger charge is -2.35. The van der Waals surface area contributed by atoms with Gasteiger partial charge in [0, 0.05) is 25.6 Å². The van der Waals surface area contributed by atoms with E-state index in [2.05, 4.69) is 31.1 Å². The van der Waals surface area contributed by atoms with Gasteiger partial charge in [0.15, 0.2) is 0 Å². The van der Waals surface area contributed by atoms with Gasteiger partial charge in [-0.25, -0.2) is 4.98 Å². The number of rotatable bonds is 7. The Kier molecular flexibility index (Phi) is 6.65. The lowest BCUT2D eigenvalue weighted by molar-refractivity contribution is -0.135. The van der Waals surface area contributed by atoms with Crippen LogP contribution in [0.15, 0.2) is 30.3 Å². The highest BCUT2D eigenvalue weighted by Gasteiger charge is 2.30. The maximum absolute atomic E-state index is 13.2.